The molecule has 0 bridgehead atoms. The first-order chi connectivity index (χ1) is 14.5. The van der Waals surface area contributed by atoms with Gasteiger partial charge in [0.15, 0.2) is 0 Å². The third kappa shape index (κ3) is 3.80. The Balaban J connectivity index is 1.61. The van der Waals surface area contributed by atoms with Crippen molar-refractivity contribution in [3.8, 4) is 0 Å². The topological polar surface area (TPSA) is 41.5 Å². The van der Waals surface area contributed by atoms with Crippen LogP contribution in [0.5, 0.6) is 0 Å². The molecule has 3 nitrogen and oxygen atoms in total. The van der Waals surface area contributed by atoms with E-state index in [0.717, 1.165) is 24.1 Å². The maximum absolute atomic E-state index is 13.1. The van der Waals surface area contributed by atoms with Crippen LogP contribution in [0, 0.1) is 19.8 Å². The second-order valence-corrected chi connectivity index (χ2v) is 8.21. The lowest BCUT2D eigenvalue weighted by Gasteiger charge is -2.19. The van der Waals surface area contributed by atoms with Crippen LogP contribution in [-0.4, -0.2) is 11.6 Å². The number of nitrogens with one attached hydrogen (secondary N) is 1. The molecule has 4 rings (SSSR count). The summed E-state index contributed by atoms with van der Waals surface area (Å²) in [6.07, 6.45) is 1.56. The molecule has 0 radical (unpaired) electrons. The van der Waals surface area contributed by atoms with Crippen molar-refractivity contribution >= 4 is 11.6 Å². The summed E-state index contributed by atoms with van der Waals surface area (Å²) in [4.78, 5) is 13.1. The van der Waals surface area contributed by atoms with Crippen molar-refractivity contribution in [3.05, 3.63) is 107 Å². The van der Waals surface area contributed by atoms with Gasteiger partial charge in [0.25, 0.3) is 0 Å². The molecule has 3 aromatic rings. The number of carbonyl (C=O) groups is 1. The van der Waals surface area contributed by atoms with Gasteiger partial charge in [0.1, 0.15) is 0 Å². The highest BCUT2D eigenvalue weighted by Crippen LogP contribution is 2.59. The van der Waals surface area contributed by atoms with Crippen molar-refractivity contribution in [2.45, 2.75) is 39.0 Å². The second kappa shape index (κ2) is 8.27. The Bertz CT molecular complexity index is 1000. The summed E-state index contributed by atoms with van der Waals surface area (Å²) in [6.45, 7) is 6.23. The van der Waals surface area contributed by atoms with Crippen molar-refractivity contribution in [1.82, 2.24) is 5.43 Å². The van der Waals surface area contributed by atoms with Gasteiger partial charge in [-0.3, -0.25) is 4.79 Å². The number of rotatable bonds is 6. The Morgan fingerprint density at radius 2 is 1.43 bits per heavy atom. The van der Waals surface area contributed by atoms with Crippen LogP contribution in [0.1, 0.15) is 47.6 Å². The lowest BCUT2D eigenvalue weighted by Crippen LogP contribution is -2.26. The van der Waals surface area contributed by atoms with E-state index in [1.54, 1.807) is 0 Å². The molecular weight excluding hydrogens is 368 g/mol. The average Bonchev–Trinajstić information content (AvgIpc) is 3.53. The van der Waals surface area contributed by atoms with Crippen LogP contribution in [0.25, 0.3) is 0 Å². The summed E-state index contributed by atoms with van der Waals surface area (Å²) in [5.41, 5.74) is 9.35. The van der Waals surface area contributed by atoms with Gasteiger partial charge >= 0.3 is 0 Å². The van der Waals surface area contributed by atoms with Crippen molar-refractivity contribution in [1.29, 1.82) is 0 Å². The number of hydrogen-bond donors (Lipinski definition) is 1. The molecule has 1 aliphatic rings. The van der Waals surface area contributed by atoms with Crippen molar-refractivity contribution in [2.24, 2.45) is 11.0 Å². The molecular formula is C27H28N2O. The zero-order chi connectivity index (χ0) is 21.1. The number of aryl methyl sites for hydroxylation is 2. The van der Waals surface area contributed by atoms with E-state index in [0.29, 0.717) is 0 Å². The van der Waals surface area contributed by atoms with Gasteiger partial charge in [-0.15, -0.1) is 0 Å². The van der Waals surface area contributed by atoms with Crippen molar-refractivity contribution in [2.75, 3.05) is 0 Å². The standard InChI is InChI=1S/C27H28N2O/c1-4-25(21-8-6-5-7-9-21)28-29-26(30)24-18-27(24,22-14-10-19(2)11-15-22)23-16-12-20(3)13-17-23/h5-17,24H,4,18H2,1-3H3,(H,29,30). The number of benzene rings is 3. The van der Waals surface area contributed by atoms with Crippen LogP contribution in [0.15, 0.2) is 84.0 Å². The molecule has 1 N–H and O–H groups in total. The summed E-state index contributed by atoms with van der Waals surface area (Å²) in [6, 6.07) is 27.2. The fourth-order valence-electron chi connectivity index (χ4n) is 4.26. The Hall–Kier alpha value is -3.20. The number of amides is 1. The number of carbonyl (C=O) groups excluding carboxylic acids is 1. The molecule has 1 fully saturated rings. The highest BCUT2D eigenvalue weighted by Gasteiger charge is 2.60. The first-order valence-electron chi connectivity index (χ1n) is 10.6. The van der Waals surface area contributed by atoms with Crippen LogP contribution in [0.3, 0.4) is 0 Å². The molecule has 1 atom stereocenters. The lowest BCUT2D eigenvalue weighted by molar-refractivity contribution is -0.122. The van der Waals surface area contributed by atoms with Crippen LogP contribution >= 0.6 is 0 Å². The van der Waals surface area contributed by atoms with Gasteiger partial charge in [0, 0.05) is 5.41 Å². The zero-order valence-electron chi connectivity index (χ0n) is 17.9. The predicted molar refractivity (Wildman–Crippen MR) is 123 cm³/mol. The summed E-state index contributed by atoms with van der Waals surface area (Å²) < 4.78 is 0. The Morgan fingerprint density at radius 1 is 0.900 bits per heavy atom. The Morgan fingerprint density at radius 3 is 1.93 bits per heavy atom. The van der Waals surface area contributed by atoms with Crippen molar-refractivity contribution in [3.63, 3.8) is 0 Å². The third-order valence-corrected chi connectivity index (χ3v) is 6.15. The number of hydrazone groups is 1. The molecule has 0 heterocycles. The van der Waals surface area contributed by atoms with Gasteiger partial charge in [-0.2, -0.15) is 5.10 Å². The maximum atomic E-state index is 13.1. The monoisotopic (exact) mass is 396 g/mol. The molecule has 0 spiro atoms. The van der Waals surface area contributed by atoms with E-state index in [-0.39, 0.29) is 17.2 Å². The summed E-state index contributed by atoms with van der Waals surface area (Å²) in [5, 5.41) is 4.47. The van der Waals surface area contributed by atoms with Crippen LogP contribution < -0.4 is 5.43 Å². The molecule has 1 saturated carbocycles. The molecule has 1 unspecified atom stereocenters. The van der Waals surface area contributed by atoms with Crippen molar-refractivity contribution < 1.29 is 4.79 Å². The van der Waals surface area contributed by atoms with Crippen LogP contribution in [0.4, 0.5) is 0 Å². The normalized spacial score (nSPS) is 17.4. The third-order valence-electron chi connectivity index (χ3n) is 6.15. The molecule has 0 aromatic heterocycles. The van der Waals surface area contributed by atoms with E-state index in [4.69, 9.17) is 0 Å². The van der Waals surface area contributed by atoms with E-state index < -0.39 is 0 Å². The van der Waals surface area contributed by atoms with Gasteiger partial charge < -0.3 is 0 Å². The highest BCUT2D eigenvalue weighted by atomic mass is 16.2. The number of hydrogen-bond acceptors (Lipinski definition) is 2. The minimum atomic E-state index is -0.278. The van der Waals surface area contributed by atoms with Gasteiger partial charge in [-0.1, -0.05) is 96.9 Å². The molecule has 0 aliphatic heterocycles. The highest BCUT2D eigenvalue weighted by molar-refractivity contribution is 6.01. The van der Waals surface area contributed by atoms with Gasteiger partial charge in [-0.25, -0.2) is 5.43 Å². The zero-order valence-corrected chi connectivity index (χ0v) is 17.9. The maximum Gasteiger partial charge on any atom is 0.244 e. The van der Waals surface area contributed by atoms with Crippen LogP contribution in [0.2, 0.25) is 0 Å². The first-order valence-corrected chi connectivity index (χ1v) is 10.6. The van der Waals surface area contributed by atoms with Gasteiger partial charge in [0.2, 0.25) is 5.91 Å². The molecule has 0 saturated heterocycles. The molecule has 30 heavy (non-hydrogen) atoms. The summed E-state index contributed by atoms with van der Waals surface area (Å²) in [7, 11) is 0. The SMILES string of the molecule is CCC(=NNC(=O)C1CC1(c1ccc(C)cc1)c1ccc(C)cc1)c1ccccc1. The molecule has 152 valence electrons. The number of nitrogens with zero attached hydrogens (tertiary/aromatic N) is 1. The smallest absolute Gasteiger partial charge is 0.244 e. The van der Waals surface area contributed by atoms with E-state index in [9.17, 15) is 4.79 Å². The molecule has 3 aromatic carbocycles. The van der Waals surface area contributed by atoms with E-state index in [1.165, 1.54) is 22.3 Å². The summed E-state index contributed by atoms with van der Waals surface area (Å²) in [5.74, 6) is -0.140. The Kier molecular flexibility index (Phi) is 5.54. The quantitative estimate of drug-likeness (QED) is 0.431. The average molecular weight is 397 g/mol. The van der Waals surface area contributed by atoms with Crippen LogP contribution in [-0.2, 0) is 10.2 Å². The fourth-order valence-corrected chi connectivity index (χ4v) is 4.26. The minimum Gasteiger partial charge on any atom is -0.273 e. The van der Waals surface area contributed by atoms with E-state index in [1.807, 2.05) is 30.3 Å². The Labute approximate surface area is 178 Å². The fraction of sp³-hybridized carbons (Fsp3) is 0.259. The molecule has 3 heteroatoms. The minimum absolute atomic E-state index is 0.0157. The van der Waals surface area contributed by atoms with Gasteiger partial charge in [-0.05, 0) is 43.4 Å². The van der Waals surface area contributed by atoms with Gasteiger partial charge in [0.05, 0.1) is 11.6 Å². The second-order valence-electron chi connectivity index (χ2n) is 8.21. The largest absolute Gasteiger partial charge is 0.273 e. The van der Waals surface area contributed by atoms with E-state index >= 15 is 0 Å². The predicted octanol–water partition coefficient (Wildman–Crippen LogP) is 5.54. The molecule has 1 amide bonds. The molecule has 1 aliphatic carbocycles. The summed E-state index contributed by atoms with van der Waals surface area (Å²) >= 11 is 0. The first kappa shape index (κ1) is 20.1. The van der Waals surface area contributed by atoms with E-state index in [2.05, 4.69) is 79.8 Å². The lowest BCUT2D eigenvalue weighted by atomic mass is 9.85.